The smallest absolute Gasteiger partial charge is 0.406 e. The van der Waals surface area contributed by atoms with Gasteiger partial charge in [0.1, 0.15) is 5.76 Å². The second-order valence-electron chi connectivity index (χ2n) is 5.83. The van der Waals surface area contributed by atoms with Gasteiger partial charge in [-0.15, -0.1) is 13.2 Å². The topological polar surface area (TPSA) is 9.23 Å². The summed E-state index contributed by atoms with van der Waals surface area (Å²) in [6.07, 6.45) is 4.27. The minimum atomic E-state index is -4.72. The van der Waals surface area contributed by atoms with Crippen LogP contribution in [-0.4, -0.2) is 6.36 Å². The van der Waals surface area contributed by atoms with E-state index in [9.17, 15) is 13.2 Å². The summed E-state index contributed by atoms with van der Waals surface area (Å²) in [6.45, 7) is 7.08. The molecular weight excluding hydrogens is 301 g/mol. The molecule has 2 rings (SSSR count). The van der Waals surface area contributed by atoms with Crippen LogP contribution < -0.4 is 0 Å². The van der Waals surface area contributed by atoms with Crippen molar-refractivity contribution in [1.29, 1.82) is 0 Å². The number of hydrogen-bond donors (Lipinski definition) is 0. The third kappa shape index (κ3) is 5.62. The molecule has 23 heavy (non-hydrogen) atoms. The van der Waals surface area contributed by atoms with E-state index >= 15 is 0 Å². The molecule has 1 aromatic rings. The van der Waals surface area contributed by atoms with E-state index in [1.807, 2.05) is 12.1 Å². The summed E-state index contributed by atoms with van der Waals surface area (Å²) in [4.78, 5) is 0. The van der Waals surface area contributed by atoms with Crippen LogP contribution >= 0.6 is 0 Å². The lowest BCUT2D eigenvalue weighted by molar-refractivity contribution is -0.303. The van der Waals surface area contributed by atoms with E-state index in [4.69, 9.17) is 0 Å². The van der Waals surface area contributed by atoms with Crippen molar-refractivity contribution >= 4 is 5.57 Å². The zero-order chi connectivity index (χ0) is 16.9. The van der Waals surface area contributed by atoms with E-state index < -0.39 is 12.1 Å². The molecule has 0 radical (unpaired) electrons. The van der Waals surface area contributed by atoms with E-state index in [0.717, 1.165) is 5.56 Å². The van der Waals surface area contributed by atoms with Crippen LogP contribution in [0.4, 0.5) is 13.2 Å². The Kier molecular flexibility index (Phi) is 5.69. The molecule has 4 heteroatoms. The summed E-state index contributed by atoms with van der Waals surface area (Å²) in [6, 6.07) is 8.10. The Morgan fingerprint density at radius 2 is 1.61 bits per heavy atom. The fourth-order valence-corrected chi connectivity index (χ4v) is 2.88. The Morgan fingerprint density at radius 3 is 2.17 bits per heavy atom. The van der Waals surface area contributed by atoms with E-state index in [1.165, 1.54) is 49.8 Å². The van der Waals surface area contributed by atoms with Crippen molar-refractivity contribution in [3.63, 3.8) is 0 Å². The van der Waals surface area contributed by atoms with Gasteiger partial charge in [0, 0.05) is 0 Å². The van der Waals surface area contributed by atoms with Crippen LogP contribution in [0, 0.1) is 0 Å². The van der Waals surface area contributed by atoms with Crippen LogP contribution in [0.3, 0.4) is 0 Å². The van der Waals surface area contributed by atoms with Gasteiger partial charge in [-0.1, -0.05) is 62.8 Å². The maximum absolute atomic E-state index is 12.0. The predicted octanol–water partition coefficient (Wildman–Crippen LogP) is 6.35. The average molecular weight is 322 g/mol. The molecule has 1 aromatic carbocycles. The standard InChI is InChI=1S/C19H21F3O/c1-14(8-9-15(2)23-19(20,21)22)16-10-12-18(13-11-16)17-6-4-3-5-7-17/h8-13,17H,1-7H2/b9-8-. The molecule has 0 heterocycles. The molecule has 0 amide bonds. The maximum atomic E-state index is 12.0. The summed E-state index contributed by atoms with van der Waals surface area (Å²) < 4.78 is 39.8. The Labute approximate surface area is 135 Å². The van der Waals surface area contributed by atoms with Gasteiger partial charge in [0.15, 0.2) is 0 Å². The average Bonchev–Trinajstić information content (AvgIpc) is 2.52. The van der Waals surface area contributed by atoms with Gasteiger partial charge in [0.25, 0.3) is 0 Å². The lowest BCUT2D eigenvalue weighted by Crippen LogP contribution is -2.11. The van der Waals surface area contributed by atoms with E-state index in [2.05, 4.69) is 30.0 Å². The summed E-state index contributed by atoms with van der Waals surface area (Å²) in [5, 5.41) is 0. The van der Waals surface area contributed by atoms with Gasteiger partial charge in [0.2, 0.25) is 0 Å². The first-order valence-corrected chi connectivity index (χ1v) is 7.77. The fraction of sp³-hybridized carbons (Fsp3) is 0.368. The summed E-state index contributed by atoms with van der Waals surface area (Å²) in [5.74, 6) is 0.166. The lowest BCUT2D eigenvalue weighted by atomic mass is 9.84. The molecule has 124 valence electrons. The zero-order valence-corrected chi connectivity index (χ0v) is 13.0. The van der Waals surface area contributed by atoms with Gasteiger partial charge < -0.3 is 4.74 Å². The van der Waals surface area contributed by atoms with Crippen molar-refractivity contribution in [2.24, 2.45) is 0 Å². The summed E-state index contributed by atoms with van der Waals surface area (Å²) in [7, 11) is 0. The monoisotopic (exact) mass is 322 g/mol. The van der Waals surface area contributed by atoms with Crippen LogP contribution in [0.5, 0.6) is 0 Å². The van der Waals surface area contributed by atoms with Crippen LogP contribution in [0.15, 0.2) is 55.3 Å². The van der Waals surface area contributed by atoms with Gasteiger partial charge in [-0.25, -0.2) is 0 Å². The van der Waals surface area contributed by atoms with E-state index in [1.54, 1.807) is 0 Å². The highest BCUT2D eigenvalue weighted by Gasteiger charge is 2.30. The highest BCUT2D eigenvalue weighted by atomic mass is 19.4. The van der Waals surface area contributed by atoms with Gasteiger partial charge in [-0.2, -0.15) is 0 Å². The second-order valence-corrected chi connectivity index (χ2v) is 5.83. The SMILES string of the molecule is C=C(/C=C\C(=C)c1ccc(C2CCCCC2)cc1)OC(F)(F)F. The molecule has 0 atom stereocenters. The van der Waals surface area contributed by atoms with Crippen LogP contribution in [0.1, 0.15) is 49.1 Å². The molecule has 1 nitrogen and oxygen atoms in total. The van der Waals surface area contributed by atoms with Gasteiger partial charge >= 0.3 is 6.36 Å². The predicted molar refractivity (Wildman–Crippen MR) is 86.7 cm³/mol. The zero-order valence-electron chi connectivity index (χ0n) is 13.0. The molecule has 0 saturated heterocycles. The number of benzene rings is 1. The Morgan fingerprint density at radius 1 is 1.00 bits per heavy atom. The highest BCUT2D eigenvalue weighted by Crippen LogP contribution is 2.33. The molecule has 0 aromatic heterocycles. The first-order chi connectivity index (χ1) is 10.8. The first-order valence-electron chi connectivity index (χ1n) is 7.77. The molecule has 0 spiro atoms. The Bertz CT molecular complexity index is 576. The molecule has 0 bridgehead atoms. The first kappa shape index (κ1) is 17.4. The number of allylic oxidation sites excluding steroid dienone is 3. The molecular formula is C19H21F3O. The van der Waals surface area contributed by atoms with Crippen molar-refractivity contribution in [3.8, 4) is 0 Å². The molecule has 0 aliphatic heterocycles. The highest BCUT2D eigenvalue weighted by molar-refractivity contribution is 5.72. The van der Waals surface area contributed by atoms with Crippen LogP contribution in [-0.2, 0) is 4.74 Å². The third-order valence-corrected chi connectivity index (χ3v) is 4.08. The number of hydrogen-bond acceptors (Lipinski definition) is 1. The second kappa shape index (κ2) is 7.53. The normalized spacial score (nSPS) is 16.5. The summed E-state index contributed by atoms with van der Waals surface area (Å²) >= 11 is 0. The Balaban J connectivity index is 1.96. The van der Waals surface area contributed by atoms with Crippen molar-refractivity contribution in [3.05, 3.63) is 66.5 Å². The Hall–Kier alpha value is -1.97. The van der Waals surface area contributed by atoms with Crippen molar-refractivity contribution in [1.82, 2.24) is 0 Å². The summed E-state index contributed by atoms with van der Waals surface area (Å²) in [5.41, 5.74) is 2.82. The molecule has 1 aliphatic carbocycles. The molecule has 1 saturated carbocycles. The molecule has 0 unspecified atom stereocenters. The number of alkyl halides is 3. The minimum Gasteiger partial charge on any atom is -0.406 e. The maximum Gasteiger partial charge on any atom is 0.573 e. The third-order valence-electron chi connectivity index (χ3n) is 4.08. The van der Waals surface area contributed by atoms with Crippen LogP contribution in [0.2, 0.25) is 0 Å². The fourth-order valence-electron chi connectivity index (χ4n) is 2.88. The quantitative estimate of drug-likeness (QED) is 0.453. The van der Waals surface area contributed by atoms with Crippen LogP contribution in [0.25, 0.3) is 5.57 Å². The van der Waals surface area contributed by atoms with Gasteiger partial charge in [-0.05, 0) is 41.5 Å². The number of ether oxygens (including phenoxy) is 1. The molecule has 1 fully saturated rings. The minimum absolute atomic E-state index is 0.461. The number of rotatable bonds is 5. The largest absolute Gasteiger partial charge is 0.573 e. The van der Waals surface area contributed by atoms with Gasteiger partial charge in [0.05, 0.1) is 0 Å². The lowest BCUT2D eigenvalue weighted by Gasteiger charge is -2.22. The van der Waals surface area contributed by atoms with E-state index in [0.29, 0.717) is 11.5 Å². The molecule has 0 N–H and O–H groups in total. The van der Waals surface area contributed by atoms with Crippen molar-refractivity contribution < 1.29 is 17.9 Å². The van der Waals surface area contributed by atoms with Crippen molar-refractivity contribution in [2.75, 3.05) is 0 Å². The van der Waals surface area contributed by atoms with Gasteiger partial charge in [-0.3, -0.25) is 0 Å². The van der Waals surface area contributed by atoms with E-state index in [-0.39, 0.29) is 0 Å². The number of halogens is 3. The molecule has 1 aliphatic rings. The van der Waals surface area contributed by atoms with Crippen molar-refractivity contribution in [2.45, 2.75) is 44.4 Å².